The van der Waals surface area contributed by atoms with Gasteiger partial charge in [0, 0.05) is 79.8 Å². The molecule has 42 heavy (non-hydrogen) atoms. The van der Waals surface area contributed by atoms with Crippen molar-refractivity contribution in [2.24, 2.45) is 0 Å². The molecule has 0 amide bonds. The lowest BCUT2D eigenvalue weighted by atomic mass is 9.98. The van der Waals surface area contributed by atoms with E-state index >= 15 is 0 Å². The lowest BCUT2D eigenvalue weighted by Crippen LogP contribution is -2.48. The molecule has 1 fully saturated rings. The Labute approximate surface area is 240 Å². The number of ether oxygens (including phenoxy) is 1. The molecule has 12 heteroatoms. The molecule has 1 saturated heterocycles. The smallest absolute Gasteiger partial charge is 0.363 e. The summed E-state index contributed by atoms with van der Waals surface area (Å²) < 4.78 is 36.4. The Balaban J connectivity index is 1.36. The number of anilines is 1. The normalized spacial score (nSPS) is 16.7. The van der Waals surface area contributed by atoms with Crippen LogP contribution in [-0.4, -0.2) is 50.6 Å². The number of hydrogen-bond acceptors (Lipinski definition) is 8. The van der Waals surface area contributed by atoms with Crippen molar-refractivity contribution in [3.05, 3.63) is 97.6 Å². The van der Waals surface area contributed by atoms with Crippen LogP contribution in [0.4, 0.5) is 20.3 Å². The van der Waals surface area contributed by atoms with Gasteiger partial charge in [-0.25, -0.2) is 13.8 Å². The molecule has 0 N–H and O–H groups in total. The third-order valence-corrected chi connectivity index (χ3v) is 8.21. The molecule has 6 rings (SSSR count). The van der Waals surface area contributed by atoms with Gasteiger partial charge in [0.15, 0.2) is 23.3 Å². The first kappa shape index (κ1) is 27.7. The summed E-state index contributed by atoms with van der Waals surface area (Å²) in [5, 5.41) is 11.3. The number of halogens is 2. The molecule has 5 heterocycles. The molecule has 0 radical (unpaired) electrons. The maximum atomic E-state index is 14.6. The van der Waals surface area contributed by atoms with Crippen molar-refractivity contribution >= 4 is 22.4 Å². The third-order valence-electron chi connectivity index (χ3n) is 8.21. The first-order chi connectivity index (χ1) is 20.3. The minimum absolute atomic E-state index is 0.0186. The molecule has 1 aromatic carbocycles. The van der Waals surface area contributed by atoms with E-state index in [1.165, 1.54) is 12.3 Å². The predicted molar refractivity (Wildman–Crippen MR) is 153 cm³/mol. The van der Waals surface area contributed by atoms with E-state index in [1.807, 2.05) is 16.7 Å². The van der Waals surface area contributed by atoms with Gasteiger partial charge in [-0.3, -0.25) is 9.69 Å². The number of nitrogens with zero attached hydrogens (tertiary/aromatic N) is 6. The second kappa shape index (κ2) is 11.4. The summed E-state index contributed by atoms with van der Waals surface area (Å²) in [7, 11) is 1.55. The van der Waals surface area contributed by atoms with Crippen LogP contribution in [-0.2, 0) is 26.1 Å². The van der Waals surface area contributed by atoms with Gasteiger partial charge in [0.1, 0.15) is 0 Å². The van der Waals surface area contributed by atoms with E-state index in [9.17, 15) is 23.7 Å². The number of rotatable bonds is 8. The summed E-state index contributed by atoms with van der Waals surface area (Å²) in [6.45, 7) is 2.80. The number of benzene rings is 1. The van der Waals surface area contributed by atoms with E-state index in [0.29, 0.717) is 56.0 Å². The quantitative estimate of drug-likeness (QED) is 0.221. The van der Waals surface area contributed by atoms with Crippen molar-refractivity contribution in [3.63, 3.8) is 0 Å². The van der Waals surface area contributed by atoms with Crippen molar-refractivity contribution in [3.8, 4) is 5.88 Å². The first-order valence-corrected chi connectivity index (χ1v) is 13.9. The highest BCUT2D eigenvalue weighted by Gasteiger charge is 2.29. The Morgan fingerprint density at radius 3 is 2.76 bits per heavy atom. The van der Waals surface area contributed by atoms with Gasteiger partial charge in [0.25, 0.3) is 0 Å². The van der Waals surface area contributed by atoms with E-state index in [0.717, 1.165) is 36.7 Å². The van der Waals surface area contributed by atoms with Crippen molar-refractivity contribution in [1.29, 1.82) is 0 Å². The zero-order valence-electron chi connectivity index (χ0n) is 23.1. The first-order valence-electron chi connectivity index (χ1n) is 13.9. The monoisotopic (exact) mass is 576 g/mol. The molecule has 0 bridgehead atoms. The van der Waals surface area contributed by atoms with Gasteiger partial charge in [-0.15, -0.1) is 0 Å². The van der Waals surface area contributed by atoms with Crippen LogP contribution < -0.4 is 15.1 Å². The molecule has 0 unspecified atom stereocenters. The molecular weight excluding hydrogens is 546 g/mol. The second-order valence-electron chi connectivity index (χ2n) is 10.8. The fourth-order valence-corrected chi connectivity index (χ4v) is 6.19. The molecule has 0 spiro atoms. The maximum absolute atomic E-state index is 14.6. The zero-order chi connectivity index (χ0) is 29.4. The highest BCUT2D eigenvalue weighted by Crippen LogP contribution is 2.30. The van der Waals surface area contributed by atoms with Crippen LogP contribution in [0, 0.1) is 21.7 Å². The Kier molecular flexibility index (Phi) is 7.55. The Morgan fingerprint density at radius 2 is 2.00 bits per heavy atom. The average Bonchev–Trinajstić information content (AvgIpc) is 3.01. The number of hydrogen-bond donors (Lipinski definition) is 0. The van der Waals surface area contributed by atoms with Gasteiger partial charge in [-0.05, 0) is 59.4 Å². The molecule has 2 aliphatic rings. The van der Waals surface area contributed by atoms with Gasteiger partial charge < -0.3 is 24.3 Å². The van der Waals surface area contributed by atoms with Gasteiger partial charge >= 0.3 is 5.82 Å². The highest BCUT2D eigenvalue weighted by molar-refractivity contribution is 5.83. The lowest BCUT2D eigenvalue weighted by molar-refractivity contribution is -0.389. The van der Waals surface area contributed by atoms with Crippen molar-refractivity contribution in [1.82, 2.24) is 19.4 Å². The molecule has 0 saturated carbocycles. The van der Waals surface area contributed by atoms with Crippen molar-refractivity contribution in [2.45, 2.75) is 51.4 Å². The number of aryl methyl sites for hydroxylation is 2. The molecule has 3 aromatic heterocycles. The summed E-state index contributed by atoms with van der Waals surface area (Å²) in [5.74, 6) is -1.60. The summed E-state index contributed by atoms with van der Waals surface area (Å²) in [5.41, 5.74) is 2.70. The topological polar surface area (TPSA) is 107 Å². The second-order valence-corrected chi connectivity index (χ2v) is 10.8. The summed E-state index contributed by atoms with van der Waals surface area (Å²) in [6.07, 6.45) is 7.78. The molecular formula is C30H30F2N6O4. The molecule has 1 atom stereocenters. The Bertz CT molecular complexity index is 1710. The van der Waals surface area contributed by atoms with Crippen molar-refractivity contribution < 1.29 is 18.4 Å². The Hall–Kier alpha value is -4.45. The summed E-state index contributed by atoms with van der Waals surface area (Å²) in [4.78, 5) is 36.9. The molecule has 10 nitrogen and oxygen atoms in total. The molecule has 0 aliphatic carbocycles. The van der Waals surface area contributed by atoms with Crippen LogP contribution in [0.1, 0.15) is 36.0 Å². The van der Waals surface area contributed by atoms with Crippen LogP contribution in [0.3, 0.4) is 0 Å². The largest absolute Gasteiger partial charge is 0.481 e. The van der Waals surface area contributed by atoms with Crippen LogP contribution in [0.5, 0.6) is 5.88 Å². The van der Waals surface area contributed by atoms with Crippen LogP contribution in [0.25, 0.3) is 10.9 Å². The molecule has 2 aliphatic heterocycles. The van der Waals surface area contributed by atoms with Gasteiger partial charge in [0.2, 0.25) is 5.88 Å². The number of aromatic nitrogens is 3. The van der Waals surface area contributed by atoms with E-state index in [2.05, 4.69) is 19.8 Å². The lowest BCUT2D eigenvalue weighted by Gasteiger charge is -2.40. The molecule has 4 aromatic rings. The van der Waals surface area contributed by atoms with Crippen LogP contribution >= 0.6 is 0 Å². The fraction of sp³-hybridized carbons (Fsp3) is 0.367. The van der Waals surface area contributed by atoms with E-state index < -0.39 is 16.6 Å². The average molecular weight is 577 g/mol. The number of nitro groups is 1. The number of piperidine rings is 1. The summed E-state index contributed by atoms with van der Waals surface area (Å²) >= 11 is 0. The summed E-state index contributed by atoms with van der Waals surface area (Å²) in [6, 6.07) is 7.91. The van der Waals surface area contributed by atoms with Crippen LogP contribution in [0.2, 0.25) is 0 Å². The highest BCUT2D eigenvalue weighted by atomic mass is 19.2. The van der Waals surface area contributed by atoms with Crippen LogP contribution in [0.15, 0.2) is 53.7 Å². The number of pyridine rings is 3. The van der Waals surface area contributed by atoms with Crippen molar-refractivity contribution in [2.75, 3.05) is 25.1 Å². The van der Waals surface area contributed by atoms with Gasteiger partial charge in [0.05, 0.1) is 18.3 Å². The van der Waals surface area contributed by atoms with Gasteiger partial charge in [-0.1, -0.05) is 0 Å². The minimum Gasteiger partial charge on any atom is -0.481 e. The SMILES string of the molecule is COc1cc(CN(Cc2cn3c4c(c(F)c(F)cc4c2=O)CCC3)[C@H]2CCCN(c3ccc([N+](=O)[O-])nc3)C2)ccn1. The van der Waals surface area contributed by atoms with Gasteiger partial charge in [-0.2, -0.15) is 0 Å². The predicted octanol–water partition coefficient (Wildman–Crippen LogP) is 4.60. The zero-order valence-corrected chi connectivity index (χ0v) is 23.1. The Morgan fingerprint density at radius 1 is 1.14 bits per heavy atom. The standard InChI is InChI=1S/C30H30F2N6O4/c1-42-27-12-19(8-9-33-27)15-37(22-4-2-10-35(18-22)21-6-7-26(34-14-21)38(40)41)17-20-16-36-11-3-5-23-28(32)25(31)13-24(29(23)36)30(20)39/h6-9,12-14,16,22H,2-5,10-11,15,17-18H2,1H3/t22-/m0/s1. The third kappa shape index (κ3) is 5.29. The molecule has 218 valence electrons. The maximum Gasteiger partial charge on any atom is 0.363 e. The fourth-order valence-electron chi connectivity index (χ4n) is 6.19. The minimum atomic E-state index is -0.999. The van der Waals surface area contributed by atoms with E-state index in [4.69, 9.17) is 4.74 Å². The number of methoxy groups -OCH3 is 1. The van der Waals surface area contributed by atoms with E-state index in [-0.39, 0.29) is 28.2 Å². The van der Waals surface area contributed by atoms with E-state index in [1.54, 1.807) is 25.6 Å².